The molecule has 0 saturated heterocycles. The third-order valence-corrected chi connectivity index (χ3v) is 9.56. The zero-order valence-corrected chi connectivity index (χ0v) is 25.3. The molecule has 40 heavy (non-hydrogen) atoms. The number of carbonyl (C=O) groups excluding carboxylic acids is 2. The van der Waals surface area contributed by atoms with Gasteiger partial charge in [-0.2, -0.15) is 4.31 Å². The molecule has 0 spiro atoms. The van der Waals surface area contributed by atoms with Gasteiger partial charge in [-0.25, -0.2) is 13.4 Å². The lowest BCUT2D eigenvalue weighted by atomic mass is 9.98. The summed E-state index contributed by atoms with van der Waals surface area (Å²) in [5.74, 6) is -0.918. The number of amides is 2. The second-order valence-electron chi connectivity index (χ2n) is 10.6. The maximum atomic E-state index is 13.9. The molecule has 0 aliphatic rings. The Morgan fingerprint density at radius 3 is 2.38 bits per heavy atom. The molecular formula is C29H40N4O5S2. The van der Waals surface area contributed by atoms with Crippen LogP contribution >= 0.6 is 11.3 Å². The second-order valence-corrected chi connectivity index (χ2v) is 13.4. The first kappa shape index (κ1) is 31.7. The number of nitrogens with zero attached hydrogens (tertiary/aromatic N) is 2. The molecule has 0 bridgehead atoms. The van der Waals surface area contributed by atoms with Crippen molar-refractivity contribution in [2.24, 2.45) is 11.8 Å². The average Bonchev–Trinajstić information content (AvgIpc) is 3.39. The van der Waals surface area contributed by atoms with Gasteiger partial charge >= 0.3 is 0 Å². The number of aliphatic hydroxyl groups is 1. The van der Waals surface area contributed by atoms with E-state index in [1.54, 1.807) is 17.6 Å². The molecule has 0 aliphatic carbocycles. The molecule has 1 heterocycles. The highest BCUT2D eigenvalue weighted by molar-refractivity contribution is 7.89. The van der Waals surface area contributed by atoms with E-state index in [1.165, 1.54) is 28.6 Å². The van der Waals surface area contributed by atoms with E-state index < -0.39 is 34.1 Å². The van der Waals surface area contributed by atoms with Crippen LogP contribution in [0.2, 0.25) is 0 Å². The van der Waals surface area contributed by atoms with Gasteiger partial charge in [-0.1, -0.05) is 64.4 Å². The number of aliphatic hydroxyl groups excluding tert-OH is 1. The summed E-state index contributed by atoms with van der Waals surface area (Å²) < 4.78 is 29.8. The molecule has 2 aromatic carbocycles. The first-order chi connectivity index (χ1) is 18.9. The molecule has 4 atom stereocenters. The van der Waals surface area contributed by atoms with Crippen molar-refractivity contribution in [1.29, 1.82) is 0 Å². The van der Waals surface area contributed by atoms with Gasteiger partial charge in [0.15, 0.2) is 0 Å². The Labute approximate surface area is 241 Å². The largest absolute Gasteiger partial charge is 0.390 e. The molecule has 218 valence electrons. The van der Waals surface area contributed by atoms with E-state index >= 15 is 0 Å². The van der Waals surface area contributed by atoms with Crippen molar-refractivity contribution in [1.82, 2.24) is 19.9 Å². The van der Waals surface area contributed by atoms with E-state index in [1.807, 2.05) is 58.0 Å². The number of carbonyl (C=O) groups is 2. The number of aromatic nitrogens is 1. The maximum absolute atomic E-state index is 13.9. The van der Waals surface area contributed by atoms with Crippen LogP contribution in [0.5, 0.6) is 0 Å². The van der Waals surface area contributed by atoms with Crippen LogP contribution in [0, 0.1) is 11.8 Å². The van der Waals surface area contributed by atoms with Crippen LogP contribution in [0.4, 0.5) is 0 Å². The van der Waals surface area contributed by atoms with Crippen molar-refractivity contribution in [2.75, 3.05) is 13.1 Å². The van der Waals surface area contributed by atoms with Crippen LogP contribution in [-0.4, -0.2) is 65.9 Å². The Morgan fingerprint density at radius 1 is 1.05 bits per heavy atom. The predicted octanol–water partition coefficient (Wildman–Crippen LogP) is 3.58. The molecule has 0 radical (unpaired) electrons. The Hall–Kier alpha value is -2.86. The highest BCUT2D eigenvalue weighted by atomic mass is 32.2. The summed E-state index contributed by atoms with van der Waals surface area (Å²) in [5.41, 5.74) is 3.27. The van der Waals surface area contributed by atoms with E-state index in [-0.39, 0.29) is 42.1 Å². The molecule has 3 aromatic rings. The summed E-state index contributed by atoms with van der Waals surface area (Å²) in [6, 6.07) is 12.6. The average molecular weight is 589 g/mol. The molecule has 0 unspecified atom stereocenters. The van der Waals surface area contributed by atoms with Gasteiger partial charge in [0.2, 0.25) is 21.8 Å². The van der Waals surface area contributed by atoms with Crippen molar-refractivity contribution in [3.8, 4) is 0 Å². The second kappa shape index (κ2) is 14.2. The summed E-state index contributed by atoms with van der Waals surface area (Å²) in [6.45, 7) is 8.94. The Kier molecular flexibility index (Phi) is 11.2. The Bertz CT molecular complexity index is 1380. The van der Waals surface area contributed by atoms with Crippen molar-refractivity contribution in [3.05, 3.63) is 59.6 Å². The molecule has 3 N–H and O–H groups in total. The quantitative estimate of drug-likeness (QED) is 0.264. The highest BCUT2D eigenvalue weighted by Crippen LogP contribution is 2.25. The zero-order chi connectivity index (χ0) is 29.4. The van der Waals surface area contributed by atoms with Crippen LogP contribution in [0.1, 0.15) is 46.6 Å². The first-order valence-corrected chi connectivity index (χ1v) is 15.9. The topological polar surface area (TPSA) is 129 Å². The van der Waals surface area contributed by atoms with Crippen molar-refractivity contribution in [3.63, 3.8) is 0 Å². The molecule has 0 fully saturated rings. The fourth-order valence-corrected chi connectivity index (χ4v) is 6.80. The smallest absolute Gasteiger partial charge is 0.243 e. The molecule has 0 saturated carbocycles. The summed E-state index contributed by atoms with van der Waals surface area (Å²) in [5, 5.41) is 17.1. The number of hydrogen-bond donors (Lipinski definition) is 3. The van der Waals surface area contributed by atoms with Crippen LogP contribution in [0.25, 0.3) is 10.2 Å². The van der Waals surface area contributed by atoms with Gasteiger partial charge in [0.1, 0.15) is 6.04 Å². The predicted molar refractivity (Wildman–Crippen MR) is 158 cm³/mol. The first-order valence-electron chi connectivity index (χ1n) is 13.5. The summed E-state index contributed by atoms with van der Waals surface area (Å²) in [7, 11) is -3.97. The molecular weight excluding hydrogens is 548 g/mol. The molecule has 1 aromatic heterocycles. The van der Waals surface area contributed by atoms with Crippen LogP contribution in [0.15, 0.2) is 58.9 Å². The Morgan fingerprint density at radius 2 is 1.75 bits per heavy atom. The van der Waals surface area contributed by atoms with Crippen molar-refractivity contribution >= 4 is 43.4 Å². The van der Waals surface area contributed by atoms with Crippen LogP contribution in [0.3, 0.4) is 0 Å². The monoisotopic (exact) mass is 588 g/mol. The van der Waals surface area contributed by atoms with Gasteiger partial charge in [0.25, 0.3) is 0 Å². The molecule has 3 rings (SSSR count). The fourth-order valence-electron chi connectivity index (χ4n) is 4.41. The SMILES string of the molecule is CC[C@@H](C)CN(C[C@@H](O)[C@H](Cc1ccccc1)NC(=O)[C@@H](NC(C)=O)C(C)C)S(=O)(=O)c1ccc2ncsc2c1. The summed E-state index contributed by atoms with van der Waals surface area (Å²) in [6.07, 6.45) is -0.185. The maximum Gasteiger partial charge on any atom is 0.243 e. The standard InChI is InChI=1S/C29H40N4O5S2/c1-6-20(4)16-33(40(37,38)23-12-13-24-27(15-23)39-18-30-24)17-26(35)25(14-22-10-8-7-9-11-22)32-29(36)28(19(2)3)31-21(5)34/h7-13,15,18-20,25-26,28,35H,6,14,16-17H2,1-5H3,(H,31,34)(H,32,36)/t20-,25+,26-,28+/m1/s1. The number of rotatable bonds is 14. The number of thiazole rings is 1. The van der Waals surface area contributed by atoms with Gasteiger partial charge in [-0.15, -0.1) is 11.3 Å². The fraction of sp³-hybridized carbons (Fsp3) is 0.483. The van der Waals surface area contributed by atoms with Crippen molar-refractivity contribution in [2.45, 2.75) is 70.5 Å². The van der Waals surface area contributed by atoms with Crippen LogP contribution < -0.4 is 10.6 Å². The zero-order valence-electron chi connectivity index (χ0n) is 23.7. The normalized spacial score (nSPS) is 15.1. The third-order valence-electron chi connectivity index (χ3n) is 6.94. The molecule has 0 aliphatic heterocycles. The number of nitrogens with one attached hydrogen (secondary N) is 2. The van der Waals surface area contributed by atoms with Gasteiger partial charge in [-0.05, 0) is 42.0 Å². The number of hydrogen-bond acceptors (Lipinski definition) is 7. The van der Waals surface area contributed by atoms with Gasteiger partial charge < -0.3 is 15.7 Å². The summed E-state index contributed by atoms with van der Waals surface area (Å²) in [4.78, 5) is 29.4. The number of benzene rings is 2. The Balaban J connectivity index is 1.92. The van der Waals surface area contributed by atoms with E-state index in [2.05, 4.69) is 15.6 Å². The van der Waals surface area contributed by atoms with E-state index in [0.717, 1.165) is 22.2 Å². The van der Waals surface area contributed by atoms with Gasteiger partial charge in [-0.3, -0.25) is 9.59 Å². The van der Waals surface area contributed by atoms with Crippen molar-refractivity contribution < 1.29 is 23.1 Å². The van der Waals surface area contributed by atoms with E-state index in [9.17, 15) is 23.1 Å². The van der Waals surface area contributed by atoms with E-state index in [4.69, 9.17) is 0 Å². The minimum absolute atomic E-state index is 0.0429. The van der Waals surface area contributed by atoms with Gasteiger partial charge in [0.05, 0.1) is 32.8 Å². The highest BCUT2D eigenvalue weighted by Gasteiger charge is 2.33. The van der Waals surface area contributed by atoms with Crippen LogP contribution in [-0.2, 0) is 26.0 Å². The van der Waals surface area contributed by atoms with E-state index in [0.29, 0.717) is 0 Å². The minimum Gasteiger partial charge on any atom is -0.390 e. The molecule has 11 heteroatoms. The van der Waals surface area contributed by atoms with Gasteiger partial charge in [0, 0.05) is 20.0 Å². The number of fused-ring (bicyclic) bond motifs is 1. The summed E-state index contributed by atoms with van der Waals surface area (Å²) >= 11 is 1.36. The lowest BCUT2D eigenvalue weighted by molar-refractivity contribution is -0.130. The number of sulfonamides is 1. The third kappa shape index (κ3) is 8.33. The lowest BCUT2D eigenvalue weighted by Crippen LogP contribution is -2.56. The molecule has 9 nitrogen and oxygen atoms in total. The molecule has 2 amide bonds. The minimum atomic E-state index is -3.97. The lowest BCUT2D eigenvalue weighted by Gasteiger charge is -2.32.